The SMILES string of the molecule is CC(=O)N1CCCCCCCN(C(=O)CCOc2cccc(F)c2)Cc2ccccc21. The number of hydrogen-bond acceptors (Lipinski definition) is 3. The van der Waals surface area contributed by atoms with E-state index in [9.17, 15) is 14.0 Å². The lowest BCUT2D eigenvalue weighted by Gasteiger charge is -2.29. The van der Waals surface area contributed by atoms with Gasteiger partial charge < -0.3 is 14.5 Å². The zero-order chi connectivity index (χ0) is 22.1. The van der Waals surface area contributed by atoms with E-state index in [1.165, 1.54) is 12.1 Å². The minimum atomic E-state index is -0.362. The Labute approximate surface area is 183 Å². The van der Waals surface area contributed by atoms with Crippen molar-refractivity contribution in [3.05, 3.63) is 59.9 Å². The molecule has 5 nitrogen and oxygen atoms in total. The maximum atomic E-state index is 13.3. The average Bonchev–Trinajstić information content (AvgIpc) is 2.74. The molecule has 0 atom stereocenters. The largest absolute Gasteiger partial charge is 0.493 e. The molecule has 0 spiro atoms. The smallest absolute Gasteiger partial charge is 0.226 e. The molecule has 1 aliphatic heterocycles. The number of rotatable bonds is 4. The Balaban J connectivity index is 1.71. The summed E-state index contributed by atoms with van der Waals surface area (Å²) in [4.78, 5) is 29.0. The molecule has 166 valence electrons. The van der Waals surface area contributed by atoms with Crippen LogP contribution in [0.1, 0.15) is 51.0 Å². The van der Waals surface area contributed by atoms with Gasteiger partial charge in [0.05, 0.1) is 13.0 Å². The standard InChI is InChI=1S/C25H31FN2O3/c1-20(29)28-16-8-4-2-3-7-15-27(19-21-10-5-6-13-24(21)28)25(30)14-17-31-23-12-9-11-22(26)18-23/h5-6,9-13,18H,2-4,7-8,14-17,19H2,1H3. The fraction of sp³-hybridized carbons (Fsp3) is 0.440. The van der Waals surface area contributed by atoms with E-state index in [4.69, 9.17) is 4.74 Å². The number of ether oxygens (including phenoxy) is 1. The van der Waals surface area contributed by atoms with Gasteiger partial charge in [-0.05, 0) is 36.6 Å². The van der Waals surface area contributed by atoms with Crippen LogP contribution >= 0.6 is 0 Å². The van der Waals surface area contributed by atoms with Gasteiger partial charge in [-0.3, -0.25) is 9.59 Å². The Hall–Kier alpha value is -2.89. The van der Waals surface area contributed by atoms with E-state index in [0.717, 1.165) is 43.4 Å². The van der Waals surface area contributed by atoms with Gasteiger partial charge in [0.15, 0.2) is 0 Å². The van der Waals surface area contributed by atoms with Crippen LogP contribution in [-0.2, 0) is 16.1 Å². The summed E-state index contributed by atoms with van der Waals surface area (Å²) in [5.41, 5.74) is 1.85. The molecule has 1 aliphatic rings. The first-order valence-electron chi connectivity index (χ1n) is 11.1. The third-order valence-electron chi connectivity index (χ3n) is 5.57. The average molecular weight is 427 g/mol. The first-order chi connectivity index (χ1) is 15.0. The maximum absolute atomic E-state index is 13.3. The Bertz CT molecular complexity index is 887. The summed E-state index contributed by atoms with van der Waals surface area (Å²) in [6.07, 6.45) is 5.38. The second-order valence-corrected chi connectivity index (χ2v) is 7.94. The summed E-state index contributed by atoms with van der Waals surface area (Å²) >= 11 is 0. The Morgan fingerprint density at radius 2 is 1.71 bits per heavy atom. The Morgan fingerprint density at radius 3 is 2.48 bits per heavy atom. The van der Waals surface area contributed by atoms with Crippen LogP contribution in [0.5, 0.6) is 5.75 Å². The summed E-state index contributed by atoms with van der Waals surface area (Å²) in [7, 11) is 0. The molecule has 2 aromatic rings. The van der Waals surface area contributed by atoms with E-state index in [0.29, 0.717) is 25.4 Å². The summed E-state index contributed by atoms with van der Waals surface area (Å²) in [5, 5.41) is 0. The molecular formula is C25H31FN2O3. The zero-order valence-electron chi connectivity index (χ0n) is 18.2. The molecule has 2 amide bonds. The van der Waals surface area contributed by atoms with Gasteiger partial charge in [-0.2, -0.15) is 0 Å². The van der Waals surface area contributed by atoms with Crippen LogP contribution in [0.15, 0.2) is 48.5 Å². The summed E-state index contributed by atoms with van der Waals surface area (Å²) in [6.45, 7) is 3.61. The molecule has 0 fully saturated rings. The highest BCUT2D eigenvalue weighted by Crippen LogP contribution is 2.24. The Kier molecular flexibility index (Phi) is 8.44. The number of carbonyl (C=O) groups excluding carboxylic acids is 2. The molecule has 31 heavy (non-hydrogen) atoms. The first-order valence-corrected chi connectivity index (χ1v) is 11.1. The number of benzene rings is 2. The molecule has 0 radical (unpaired) electrons. The highest BCUT2D eigenvalue weighted by molar-refractivity contribution is 5.92. The normalized spacial score (nSPS) is 15.4. The number of anilines is 1. The van der Waals surface area contributed by atoms with E-state index in [1.54, 1.807) is 19.1 Å². The van der Waals surface area contributed by atoms with E-state index >= 15 is 0 Å². The summed E-state index contributed by atoms with van der Waals surface area (Å²) in [5.74, 6) is 0.0750. The monoisotopic (exact) mass is 426 g/mol. The lowest BCUT2D eigenvalue weighted by molar-refractivity contribution is -0.132. The van der Waals surface area contributed by atoms with Gasteiger partial charge in [0, 0.05) is 38.3 Å². The van der Waals surface area contributed by atoms with Crippen LogP contribution in [0.2, 0.25) is 0 Å². The Morgan fingerprint density at radius 1 is 0.968 bits per heavy atom. The van der Waals surface area contributed by atoms with Gasteiger partial charge in [0.25, 0.3) is 0 Å². The molecule has 0 unspecified atom stereocenters. The second kappa shape index (κ2) is 11.5. The number of nitrogens with zero attached hydrogens (tertiary/aromatic N) is 2. The molecule has 0 aliphatic carbocycles. The molecule has 2 aromatic carbocycles. The topological polar surface area (TPSA) is 49.9 Å². The number of fused-ring (bicyclic) bond motifs is 1. The molecule has 0 N–H and O–H groups in total. The van der Waals surface area contributed by atoms with Crippen molar-refractivity contribution in [1.29, 1.82) is 0 Å². The summed E-state index contributed by atoms with van der Waals surface area (Å²) in [6, 6.07) is 13.7. The van der Waals surface area contributed by atoms with Crippen molar-refractivity contribution < 1.29 is 18.7 Å². The number of carbonyl (C=O) groups is 2. The molecule has 0 bridgehead atoms. The predicted molar refractivity (Wildman–Crippen MR) is 119 cm³/mol. The molecule has 0 saturated carbocycles. The van der Waals surface area contributed by atoms with E-state index < -0.39 is 0 Å². The third kappa shape index (κ3) is 6.81. The van der Waals surface area contributed by atoms with Crippen LogP contribution in [0.4, 0.5) is 10.1 Å². The van der Waals surface area contributed by atoms with Crippen molar-refractivity contribution in [3.63, 3.8) is 0 Å². The third-order valence-corrected chi connectivity index (χ3v) is 5.57. The van der Waals surface area contributed by atoms with Crippen molar-refractivity contribution in [1.82, 2.24) is 4.90 Å². The van der Waals surface area contributed by atoms with Gasteiger partial charge >= 0.3 is 0 Å². The van der Waals surface area contributed by atoms with Crippen molar-refractivity contribution in [2.45, 2.75) is 52.0 Å². The van der Waals surface area contributed by atoms with Crippen LogP contribution in [0.3, 0.4) is 0 Å². The van der Waals surface area contributed by atoms with Crippen molar-refractivity contribution >= 4 is 17.5 Å². The fourth-order valence-electron chi connectivity index (χ4n) is 3.93. The van der Waals surface area contributed by atoms with Crippen LogP contribution in [-0.4, -0.2) is 36.4 Å². The van der Waals surface area contributed by atoms with Crippen molar-refractivity contribution in [2.24, 2.45) is 0 Å². The van der Waals surface area contributed by atoms with E-state index in [2.05, 4.69) is 0 Å². The number of para-hydroxylation sites is 1. The maximum Gasteiger partial charge on any atom is 0.226 e. The number of hydrogen-bond donors (Lipinski definition) is 0. The minimum Gasteiger partial charge on any atom is -0.493 e. The lowest BCUT2D eigenvalue weighted by atomic mass is 10.1. The molecule has 0 saturated heterocycles. The number of amides is 2. The van der Waals surface area contributed by atoms with Gasteiger partial charge in [0.2, 0.25) is 11.8 Å². The molecule has 0 aromatic heterocycles. The van der Waals surface area contributed by atoms with Crippen molar-refractivity contribution in [2.75, 3.05) is 24.6 Å². The number of halogens is 1. The first kappa shape index (κ1) is 22.8. The quantitative estimate of drug-likeness (QED) is 0.696. The van der Waals surface area contributed by atoms with Crippen LogP contribution in [0, 0.1) is 5.82 Å². The van der Waals surface area contributed by atoms with Crippen LogP contribution < -0.4 is 9.64 Å². The second-order valence-electron chi connectivity index (χ2n) is 7.94. The molecule has 1 heterocycles. The summed E-state index contributed by atoms with van der Waals surface area (Å²) < 4.78 is 18.9. The predicted octanol–water partition coefficient (Wildman–Crippen LogP) is 4.94. The van der Waals surface area contributed by atoms with E-state index in [-0.39, 0.29) is 30.7 Å². The molecule has 3 rings (SSSR count). The molecular weight excluding hydrogens is 395 g/mol. The highest BCUT2D eigenvalue weighted by atomic mass is 19.1. The van der Waals surface area contributed by atoms with Crippen LogP contribution in [0.25, 0.3) is 0 Å². The fourth-order valence-corrected chi connectivity index (χ4v) is 3.93. The van der Waals surface area contributed by atoms with Gasteiger partial charge in [-0.1, -0.05) is 43.5 Å². The van der Waals surface area contributed by atoms with E-state index in [1.807, 2.05) is 34.1 Å². The van der Waals surface area contributed by atoms with Gasteiger partial charge in [-0.25, -0.2) is 4.39 Å². The van der Waals surface area contributed by atoms with Gasteiger partial charge in [-0.15, -0.1) is 0 Å². The molecule has 6 heteroatoms. The van der Waals surface area contributed by atoms with Crippen molar-refractivity contribution in [3.8, 4) is 5.75 Å². The minimum absolute atomic E-state index is 0.00218. The zero-order valence-corrected chi connectivity index (χ0v) is 18.2. The highest BCUT2D eigenvalue weighted by Gasteiger charge is 2.20. The van der Waals surface area contributed by atoms with Gasteiger partial charge in [0.1, 0.15) is 11.6 Å². The lowest BCUT2D eigenvalue weighted by Crippen LogP contribution is -2.35.